The van der Waals surface area contributed by atoms with E-state index in [-0.39, 0.29) is 0 Å². The number of fused-ring (bicyclic) bond motifs is 6. The number of furan rings is 1. The number of rotatable bonds is 1. The highest BCUT2D eigenvalue weighted by Gasteiger charge is 2.17. The molecule has 132 valence electrons. The first-order chi connectivity index (χ1) is 13.8. The Kier molecular flexibility index (Phi) is 3.15. The van der Waals surface area contributed by atoms with Gasteiger partial charge in [0.25, 0.3) is 0 Å². The van der Waals surface area contributed by atoms with Gasteiger partial charge in [0.2, 0.25) is 0 Å². The number of hydrogen-bond acceptors (Lipinski definition) is 1. The van der Waals surface area contributed by atoms with E-state index in [0.29, 0.717) is 0 Å². The largest absolute Gasteiger partial charge is 0.455 e. The van der Waals surface area contributed by atoms with Gasteiger partial charge in [-0.2, -0.15) is 0 Å². The fourth-order valence-electron chi connectivity index (χ4n) is 4.49. The molecule has 0 radical (unpaired) electrons. The van der Waals surface area contributed by atoms with Gasteiger partial charge in [0.05, 0.1) is 0 Å². The summed E-state index contributed by atoms with van der Waals surface area (Å²) >= 11 is 0. The van der Waals surface area contributed by atoms with E-state index in [9.17, 15) is 0 Å². The molecular formula is C27H18O. The van der Waals surface area contributed by atoms with Crippen LogP contribution in [0, 0.1) is 6.92 Å². The molecule has 1 heteroatoms. The van der Waals surface area contributed by atoms with Crippen LogP contribution in [0.5, 0.6) is 0 Å². The Morgan fingerprint density at radius 2 is 1.18 bits per heavy atom. The quantitative estimate of drug-likeness (QED) is 0.291. The van der Waals surface area contributed by atoms with Crippen LogP contribution in [-0.2, 0) is 0 Å². The average molecular weight is 358 g/mol. The molecule has 0 saturated heterocycles. The van der Waals surface area contributed by atoms with Crippen molar-refractivity contribution in [2.24, 2.45) is 0 Å². The molecule has 0 spiro atoms. The predicted molar refractivity (Wildman–Crippen MR) is 119 cm³/mol. The molecule has 1 heterocycles. The Morgan fingerprint density at radius 1 is 0.536 bits per heavy atom. The Labute approximate surface area is 162 Å². The van der Waals surface area contributed by atoms with Gasteiger partial charge >= 0.3 is 0 Å². The van der Waals surface area contributed by atoms with Crippen LogP contribution in [-0.4, -0.2) is 0 Å². The van der Waals surface area contributed by atoms with Crippen molar-refractivity contribution >= 4 is 43.5 Å². The van der Waals surface area contributed by atoms with Gasteiger partial charge in [0, 0.05) is 16.3 Å². The summed E-state index contributed by atoms with van der Waals surface area (Å²) in [6.07, 6.45) is 0. The lowest BCUT2D eigenvalue weighted by Crippen LogP contribution is -1.82. The first-order valence-corrected chi connectivity index (χ1v) is 9.63. The fourth-order valence-corrected chi connectivity index (χ4v) is 4.49. The van der Waals surface area contributed by atoms with E-state index in [1.54, 1.807) is 0 Å². The summed E-state index contributed by atoms with van der Waals surface area (Å²) in [5.74, 6) is 0. The lowest BCUT2D eigenvalue weighted by molar-refractivity contribution is 0.667. The monoisotopic (exact) mass is 358 g/mol. The van der Waals surface area contributed by atoms with Gasteiger partial charge in [0.15, 0.2) is 0 Å². The molecule has 1 aromatic heterocycles. The van der Waals surface area contributed by atoms with Crippen molar-refractivity contribution in [2.45, 2.75) is 6.92 Å². The second-order valence-corrected chi connectivity index (χ2v) is 7.43. The molecule has 0 aliphatic carbocycles. The van der Waals surface area contributed by atoms with Crippen molar-refractivity contribution in [1.29, 1.82) is 0 Å². The van der Waals surface area contributed by atoms with Gasteiger partial charge in [-0.1, -0.05) is 84.9 Å². The molecule has 0 N–H and O–H groups in total. The molecule has 5 aromatic carbocycles. The molecule has 0 atom stereocenters. The molecule has 0 bridgehead atoms. The third-order valence-corrected chi connectivity index (χ3v) is 5.76. The van der Waals surface area contributed by atoms with Crippen molar-refractivity contribution in [3.05, 3.63) is 96.6 Å². The minimum absolute atomic E-state index is 0.966. The SMILES string of the molecule is Cc1cc2ccccc2c2c1oc1c(-c3cccc4ccccc34)cccc12. The zero-order chi connectivity index (χ0) is 18.7. The normalized spacial score (nSPS) is 11.8. The van der Waals surface area contributed by atoms with E-state index in [1.807, 2.05) is 0 Å². The summed E-state index contributed by atoms with van der Waals surface area (Å²) < 4.78 is 6.53. The topological polar surface area (TPSA) is 13.1 Å². The van der Waals surface area contributed by atoms with Crippen LogP contribution < -0.4 is 0 Å². The van der Waals surface area contributed by atoms with Gasteiger partial charge in [0.1, 0.15) is 11.2 Å². The molecule has 0 aliphatic rings. The highest BCUT2D eigenvalue weighted by atomic mass is 16.3. The minimum Gasteiger partial charge on any atom is -0.455 e. The third kappa shape index (κ3) is 2.07. The zero-order valence-electron chi connectivity index (χ0n) is 15.6. The second kappa shape index (κ2) is 5.71. The first-order valence-electron chi connectivity index (χ1n) is 9.63. The number of aryl methyl sites for hydroxylation is 1. The minimum atomic E-state index is 0.966. The van der Waals surface area contributed by atoms with Crippen molar-refractivity contribution in [2.75, 3.05) is 0 Å². The number of hydrogen-bond donors (Lipinski definition) is 0. The Bertz CT molecular complexity index is 1510. The fraction of sp³-hybridized carbons (Fsp3) is 0.0370. The van der Waals surface area contributed by atoms with Crippen molar-refractivity contribution < 1.29 is 4.42 Å². The molecule has 28 heavy (non-hydrogen) atoms. The van der Waals surface area contributed by atoms with Crippen LogP contribution in [0.15, 0.2) is 95.4 Å². The van der Waals surface area contributed by atoms with Crippen LogP contribution >= 0.6 is 0 Å². The van der Waals surface area contributed by atoms with Crippen LogP contribution in [0.4, 0.5) is 0 Å². The third-order valence-electron chi connectivity index (χ3n) is 5.76. The summed E-state index contributed by atoms with van der Waals surface area (Å²) in [6.45, 7) is 2.13. The van der Waals surface area contributed by atoms with E-state index in [1.165, 1.54) is 43.4 Å². The van der Waals surface area contributed by atoms with Crippen molar-refractivity contribution in [3.8, 4) is 11.1 Å². The maximum atomic E-state index is 6.53. The van der Waals surface area contributed by atoms with E-state index in [0.717, 1.165) is 16.7 Å². The Morgan fingerprint density at radius 3 is 2.07 bits per heavy atom. The standard InChI is InChI=1S/C27H18O/c1-17-16-19-9-3-5-12-21(19)25-24-15-7-14-23(27(24)28-26(17)25)22-13-6-10-18-8-2-4-11-20(18)22/h2-16H,1H3. The van der Waals surface area contributed by atoms with Gasteiger partial charge in [-0.3, -0.25) is 0 Å². The van der Waals surface area contributed by atoms with Gasteiger partial charge in [-0.05, 0) is 45.7 Å². The number of para-hydroxylation sites is 1. The second-order valence-electron chi connectivity index (χ2n) is 7.43. The lowest BCUT2D eigenvalue weighted by Gasteiger charge is -2.07. The molecule has 0 aliphatic heterocycles. The van der Waals surface area contributed by atoms with E-state index in [2.05, 4.69) is 97.9 Å². The molecular weight excluding hydrogens is 340 g/mol. The highest BCUT2D eigenvalue weighted by molar-refractivity contribution is 6.22. The number of benzene rings is 5. The first kappa shape index (κ1) is 15.5. The summed E-state index contributed by atoms with van der Waals surface area (Å²) in [5.41, 5.74) is 5.49. The summed E-state index contributed by atoms with van der Waals surface area (Å²) in [4.78, 5) is 0. The smallest absolute Gasteiger partial charge is 0.143 e. The Balaban J connectivity index is 1.80. The molecule has 1 nitrogen and oxygen atoms in total. The highest BCUT2D eigenvalue weighted by Crippen LogP contribution is 2.41. The summed E-state index contributed by atoms with van der Waals surface area (Å²) in [5, 5.41) is 7.39. The molecule has 6 aromatic rings. The Hall–Kier alpha value is -3.58. The summed E-state index contributed by atoms with van der Waals surface area (Å²) in [7, 11) is 0. The molecule has 0 unspecified atom stereocenters. The predicted octanol–water partition coefficient (Wildman–Crippen LogP) is 7.87. The average Bonchev–Trinajstić information content (AvgIpc) is 3.14. The maximum Gasteiger partial charge on any atom is 0.143 e. The maximum absolute atomic E-state index is 6.53. The van der Waals surface area contributed by atoms with Gasteiger partial charge in [-0.25, -0.2) is 0 Å². The summed E-state index contributed by atoms with van der Waals surface area (Å²) in [6, 6.07) is 32.3. The van der Waals surface area contributed by atoms with E-state index < -0.39 is 0 Å². The van der Waals surface area contributed by atoms with E-state index in [4.69, 9.17) is 4.42 Å². The van der Waals surface area contributed by atoms with E-state index >= 15 is 0 Å². The zero-order valence-corrected chi connectivity index (χ0v) is 15.6. The molecule has 0 saturated carbocycles. The van der Waals surface area contributed by atoms with Crippen LogP contribution in [0.25, 0.3) is 54.6 Å². The van der Waals surface area contributed by atoms with Crippen LogP contribution in [0.2, 0.25) is 0 Å². The van der Waals surface area contributed by atoms with Gasteiger partial charge < -0.3 is 4.42 Å². The molecule has 6 rings (SSSR count). The van der Waals surface area contributed by atoms with Crippen LogP contribution in [0.3, 0.4) is 0 Å². The lowest BCUT2D eigenvalue weighted by atomic mass is 9.95. The van der Waals surface area contributed by atoms with Gasteiger partial charge in [-0.15, -0.1) is 0 Å². The van der Waals surface area contributed by atoms with Crippen molar-refractivity contribution in [1.82, 2.24) is 0 Å². The van der Waals surface area contributed by atoms with Crippen molar-refractivity contribution in [3.63, 3.8) is 0 Å². The molecule has 0 fully saturated rings. The molecule has 0 amide bonds. The van der Waals surface area contributed by atoms with Crippen LogP contribution in [0.1, 0.15) is 5.56 Å².